The number of rotatable bonds is 6. The predicted octanol–water partition coefficient (Wildman–Crippen LogP) is 4.54. The Morgan fingerprint density at radius 1 is 1.25 bits per heavy atom. The van der Waals surface area contributed by atoms with Crippen LogP contribution in [0, 0.1) is 25.2 Å². The van der Waals surface area contributed by atoms with Gasteiger partial charge in [-0.15, -0.1) is 0 Å². The molecule has 1 aliphatic carbocycles. The summed E-state index contributed by atoms with van der Waals surface area (Å²) in [6.45, 7) is 4.09. The maximum Gasteiger partial charge on any atom is 0.244 e. The SMILES string of the molecule is COc1ccccc1NCC(=O)Nc1c(C#N)c(C)c(C)n1C1CCCCC1. The molecule has 1 aromatic heterocycles. The maximum absolute atomic E-state index is 12.7. The van der Waals surface area contributed by atoms with E-state index in [1.165, 1.54) is 19.3 Å². The Bertz CT molecular complexity index is 889. The quantitative estimate of drug-likeness (QED) is 0.771. The number of ether oxygens (including phenoxy) is 1. The van der Waals surface area contributed by atoms with Gasteiger partial charge in [0.1, 0.15) is 17.6 Å². The number of benzene rings is 1. The van der Waals surface area contributed by atoms with Gasteiger partial charge in [0.05, 0.1) is 24.9 Å². The van der Waals surface area contributed by atoms with Crippen LogP contribution in [0.15, 0.2) is 24.3 Å². The molecule has 0 spiro atoms. The predicted molar refractivity (Wildman–Crippen MR) is 111 cm³/mol. The molecule has 1 aromatic carbocycles. The fraction of sp³-hybridized carbons (Fsp3) is 0.455. The third-order valence-corrected chi connectivity index (χ3v) is 5.61. The number of nitrogens with zero attached hydrogens (tertiary/aromatic N) is 2. The van der Waals surface area contributed by atoms with Crippen molar-refractivity contribution in [2.24, 2.45) is 0 Å². The van der Waals surface area contributed by atoms with Gasteiger partial charge in [-0.1, -0.05) is 31.4 Å². The van der Waals surface area contributed by atoms with Gasteiger partial charge in [-0.25, -0.2) is 0 Å². The molecule has 0 bridgehead atoms. The lowest BCUT2D eigenvalue weighted by Crippen LogP contribution is -2.25. The topological polar surface area (TPSA) is 79.1 Å². The molecular weight excluding hydrogens is 352 g/mol. The third kappa shape index (κ3) is 3.99. The van der Waals surface area contributed by atoms with Gasteiger partial charge in [-0.3, -0.25) is 4.79 Å². The number of hydrogen-bond acceptors (Lipinski definition) is 4. The molecule has 0 unspecified atom stereocenters. The molecule has 0 saturated heterocycles. The van der Waals surface area contributed by atoms with Gasteiger partial charge in [0.25, 0.3) is 0 Å². The van der Waals surface area contributed by atoms with E-state index in [4.69, 9.17) is 4.74 Å². The van der Waals surface area contributed by atoms with Crippen LogP contribution in [-0.4, -0.2) is 24.1 Å². The van der Waals surface area contributed by atoms with Crippen LogP contribution in [0.1, 0.15) is 55.0 Å². The zero-order valence-corrected chi connectivity index (χ0v) is 16.8. The lowest BCUT2D eigenvalue weighted by Gasteiger charge is -2.27. The van der Waals surface area contributed by atoms with Gasteiger partial charge in [0.15, 0.2) is 0 Å². The first-order valence-corrected chi connectivity index (χ1v) is 9.85. The van der Waals surface area contributed by atoms with Crippen LogP contribution in [-0.2, 0) is 4.79 Å². The number of nitrogens with one attached hydrogen (secondary N) is 2. The van der Waals surface area contributed by atoms with Gasteiger partial charge < -0.3 is 19.9 Å². The normalized spacial score (nSPS) is 14.4. The molecule has 2 N–H and O–H groups in total. The molecule has 1 heterocycles. The first-order chi connectivity index (χ1) is 13.6. The molecule has 3 rings (SSSR count). The van der Waals surface area contributed by atoms with Gasteiger partial charge >= 0.3 is 0 Å². The number of methoxy groups -OCH3 is 1. The first kappa shape index (κ1) is 19.8. The smallest absolute Gasteiger partial charge is 0.244 e. The van der Waals surface area contributed by atoms with Crippen molar-refractivity contribution >= 4 is 17.4 Å². The summed E-state index contributed by atoms with van der Waals surface area (Å²) >= 11 is 0. The van der Waals surface area contributed by atoms with E-state index in [0.717, 1.165) is 29.8 Å². The Kier molecular flexibility index (Phi) is 6.25. The Morgan fingerprint density at radius 3 is 2.64 bits per heavy atom. The second kappa shape index (κ2) is 8.83. The van der Waals surface area contributed by atoms with E-state index in [1.807, 2.05) is 38.1 Å². The number of para-hydroxylation sites is 2. The average Bonchev–Trinajstić information content (AvgIpc) is 2.96. The molecular formula is C22H28N4O2. The van der Waals surface area contributed by atoms with Crippen LogP contribution < -0.4 is 15.4 Å². The van der Waals surface area contributed by atoms with Crippen LogP contribution in [0.5, 0.6) is 5.75 Å². The number of hydrogen-bond donors (Lipinski definition) is 2. The van der Waals surface area contributed by atoms with Crippen molar-refractivity contribution in [3.63, 3.8) is 0 Å². The highest BCUT2D eigenvalue weighted by Crippen LogP contribution is 2.36. The van der Waals surface area contributed by atoms with E-state index in [2.05, 4.69) is 21.3 Å². The van der Waals surface area contributed by atoms with E-state index in [1.54, 1.807) is 7.11 Å². The van der Waals surface area contributed by atoms with Crippen LogP contribution in [0.3, 0.4) is 0 Å². The summed E-state index contributed by atoms with van der Waals surface area (Å²) in [6, 6.07) is 10.1. The van der Waals surface area contributed by atoms with Crippen molar-refractivity contribution in [1.29, 1.82) is 5.26 Å². The molecule has 1 saturated carbocycles. The van der Waals surface area contributed by atoms with Crippen molar-refractivity contribution in [2.45, 2.75) is 52.0 Å². The van der Waals surface area contributed by atoms with Crippen molar-refractivity contribution in [3.05, 3.63) is 41.1 Å². The third-order valence-electron chi connectivity index (χ3n) is 5.61. The maximum atomic E-state index is 12.7. The van der Waals surface area contributed by atoms with Gasteiger partial charge in [-0.2, -0.15) is 5.26 Å². The largest absolute Gasteiger partial charge is 0.495 e. The minimum Gasteiger partial charge on any atom is -0.495 e. The van der Waals surface area contributed by atoms with Crippen molar-refractivity contribution in [1.82, 2.24) is 4.57 Å². The minimum atomic E-state index is -0.183. The average molecular weight is 380 g/mol. The molecule has 28 heavy (non-hydrogen) atoms. The van der Waals surface area contributed by atoms with Crippen molar-refractivity contribution in [3.8, 4) is 11.8 Å². The zero-order valence-electron chi connectivity index (χ0n) is 16.8. The molecule has 0 atom stereocenters. The van der Waals surface area contributed by atoms with Crippen LogP contribution >= 0.6 is 0 Å². The number of carbonyl (C=O) groups is 1. The summed E-state index contributed by atoms with van der Waals surface area (Å²) in [5, 5.41) is 15.8. The van der Waals surface area contributed by atoms with E-state index >= 15 is 0 Å². The summed E-state index contributed by atoms with van der Waals surface area (Å²) in [7, 11) is 1.60. The highest BCUT2D eigenvalue weighted by molar-refractivity contribution is 5.94. The Balaban J connectivity index is 1.80. The molecule has 2 aromatic rings. The molecule has 6 nitrogen and oxygen atoms in total. The molecule has 1 aliphatic rings. The summed E-state index contributed by atoms with van der Waals surface area (Å²) < 4.78 is 7.48. The lowest BCUT2D eigenvalue weighted by atomic mass is 9.95. The van der Waals surface area contributed by atoms with Crippen LogP contribution in [0.2, 0.25) is 0 Å². The van der Waals surface area contributed by atoms with E-state index in [-0.39, 0.29) is 12.5 Å². The summed E-state index contributed by atoms with van der Waals surface area (Å²) in [5.41, 5.74) is 3.34. The second-order valence-corrected chi connectivity index (χ2v) is 7.31. The van der Waals surface area contributed by atoms with E-state index in [0.29, 0.717) is 23.2 Å². The van der Waals surface area contributed by atoms with Crippen LogP contribution in [0.4, 0.5) is 11.5 Å². The molecule has 0 aliphatic heterocycles. The zero-order chi connectivity index (χ0) is 20.1. The molecule has 1 amide bonds. The Labute approximate surface area is 166 Å². The van der Waals surface area contributed by atoms with Gasteiger partial charge in [0, 0.05) is 11.7 Å². The standard InChI is InChI=1S/C22H28N4O2/c1-15-16(2)26(17-9-5-4-6-10-17)22(18(15)13-23)25-21(27)14-24-19-11-7-8-12-20(19)28-3/h7-8,11-12,17,24H,4-6,9-10,14H2,1-3H3,(H,25,27). The van der Waals surface area contributed by atoms with E-state index < -0.39 is 0 Å². The van der Waals surface area contributed by atoms with Crippen LogP contribution in [0.25, 0.3) is 0 Å². The summed E-state index contributed by atoms with van der Waals surface area (Å²) in [5.74, 6) is 1.14. The number of anilines is 2. The lowest BCUT2D eigenvalue weighted by molar-refractivity contribution is -0.114. The van der Waals surface area contributed by atoms with E-state index in [9.17, 15) is 10.1 Å². The molecule has 148 valence electrons. The highest BCUT2D eigenvalue weighted by atomic mass is 16.5. The van der Waals surface area contributed by atoms with Crippen molar-refractivity contribution in [2.75, 3.05) is 24.3 Å². The van der Waals surface area contributed by atoms with Gasteiger partial charge in [-0.05, 0) is 44.4 Å². The summed E-state index contributed by atoms with van der Waals surface area (Å²) in [4.78, 5) is 12.7. The number of carbonyl (C=O) groups excluding carboxylic acids is 1. The monoisotopic (exact) mass is 380 g/mol. The second-order valence-electron chi connectivity index (χ2n) is 7.31. The number of amides is 1. The highest BCUT2D eigenvalue weighted by Gasteiger charge is 2.25. The fourth-order valence-electron chi connectivity index (χ4n) is 4.02. The summed E-state index contributed by atoms with van der Waals surface area (Å²) in [6.07, 6.45) is 5.80. The fourth-order valence-corrected chi connectivity index (χ4v) is 4.02. The van der Waals surface area contributed by atoms with Gasteiger partial charge in [0.2, 0.25) is 5.91 Å². The Hall–Kier alpha value is -2.94. The van der Waals surface area contributed by atoms with Crippen molar-refractivity contribution < 1.29 is 9.53 Å². The minimum absolute atomic E-state index is 0.0964. The first-order valence-electron chi connectivity index (χ1n) is 9.85. The molecule has 0 radical (unpaired) electrons. The number of aromatic nitrogens is 1. The molecule has 6 heteroatoms. The molecule has 1 fully saturated rings. The number of nitriles is 1. The Morgan fingerprint density at radius 2 is 1.96 bits per heavy atom.